The van der Waals surface area contributed by atoms with Gasteiger partial charge in [0, 0.05) is 31.2 Å². The molecule has 2 aromatic carbocycles. The lowest BCUT2D eigenvalue weighted by Crippen LogP contribution is -2.32. The van der Waals surface area contributed by atoms with Crippen LogP contribution in [0.1, 0.15) is 34.1 Å². The summed E-state index contributed by atoms with van der Waals surface area (Å²) in [7, 11) is 4.94. The highest BCUT2D eigenvalue weighted by Crippen LogP contribution is 2.33. The SMILES string of the molecule is COc1ccc(C2=NN(C(=O)CNc3cc(Cl)ccc3C(=O)N(C)C)C(c3ccco3)C2)cc1. The van der Waals surface area contributed by atoms with Crippen LogP contribution in [0.2, 0.25) is 5.02 Å². The summed E-state index contributed by atoms with van der Waals surface area (Å²) >= 11 is 6.14. The molecule has 0 saturated carbocycles. The van der Waals surface area contributed by atoms with Crippen molar-refractivity contribution in [1.82, 2.24) is 9.91 Å². The van der Waals surface area contributed by atoms with Gasteiger partial charge >= 0.3 is 0 Å². The number of methoxy groups -OCH3 is 1. The first-order valence-corrected chi connectivity index (χ1v) is 11.1. The van der Waals surface area contributed by atoms with Crippen molar-refractivity contribution in [2.45, 2.75) is 12.5 Å². The van der Waals surface area contributed by atoms with Crippen molar-refractivity contribution in [1.29, 1.82) is 0 Å². The Morgan fingerprint density at radius 2 is 1.97 bits per heavy atom. The Hall–Kier alpha value is -3.78. The predicted molar refractivity (Wildman–Crippen MR) is 130 cm³/mol. The number of hydrogen-bond acceptors (Lipinski definition) is 6. The second kappa shape index (κ2) is 10.0. The molecule has 1 aliphatic rings. The van der Waals surface area contributed by atoms with Gasteiger partial charge in [-0.15, -0.1) is 0 Å². The standard InChI is InChI=1S/C25H25ClN4O4/c1-29(2)25(32)19-11-8-17(26)13-21(19)27-15-24(31)30-22(23-5-4-12-34-23)14-20(28-30)16-6-9-18(33-3)10-7-16/h4-13,22,27H,14-15H2,1-3H3. The van der Waals surface area contributed by atoms with E-state index in [-0.39, 0.29) is 24.4 Å². The van der Waals surface area contributed by atoms with E-state index in [1.165, 1.54) is 9.91 Å². The molecule has 1 aromatic heterocycles. The molecule has 0 fully saturated rings. The van der Waals surface area contributed by atoms with Crippen LogP contribution in [0.5, 0.6) is 5.75 Å². The molecule has 0 bridgehead atoms. The number of anilines is 1. The van der Waals surface area contributed by atoms with E-state index in [2.05, 4.69) is 10.4 Å². The molecule has 1 N–H and O–H groups in total. The first-order chi connectivity index (χ1) is 16.4. The minimum absolute atomic E-state index is 0.0787. The Kier molecular flexibility index (Phi) is 6.88. The molecule has 0 aliphatic carbocycles. The maximum Gasteiger partial charge on any atom is 0.262 e. The van der Waals surface area contributed by atoms with Crippen LogP contribution >= 0.6 is 11.6 Å². The summed E-state index contributed by atoms with van der Waals surface area (Å²) in [6.07, 6.45) is 2.08. The lowest BCUT2D eigenvalue weighted by Gasteiger charge is -2.21. The average molecular weight is 481 g/mol. The molecule has 8 nitrogen and oxygen atoms in total. The Morgan fingerprint density at radius 3 is 2.62 bits per heavy atom. The molecular formula is C25H25ClN4O4. The van der Waals surface area contributed by atoms with Crippen LogP contribution in [0.25, 0.3) is 0 Å². The molecule has 0 spiro atoms. The molecule has 3 aromatic rings. The lowest BCUT2D eigenvalue weighted by atomic mass is 10.0. The highest BCUT2D eigenvalue weighted by Gasteiger charge is 2.34. The zero-order valence-electron chi connectivity index (χ0n) is 19.1. The van der Waals surface area contributed by atoms with Crippen LogP contribution in [0.4, 0.5) is 5.69 Å². The molecular weight excluding hydrogens is 456 g/mol. The summed E-state index contributed by atoms with van der Waals surface area (Å²) in [6.45, 7) is -0.0787. The number of hydrazone groups is 1. The predicted octanol–water partition coefficient (Wildman–Crippen LogP) is 4.43. The smallest absolute Gasteiger partial charge is 0.262 e. The molecule has 34 heavy (non-hydrogen) atoms. The highest BCUT2D eigenvalue weighted by atomic mass is 35.5. The first kappa shape index (κ1) is 23.4. The van der Waals surface area contributed by atoms with E-state index in [0.29, 0.717) is 28.5 Å². The second-order valence-corrected chi connectivity index (χ2v) is 8.43. The minimum atomic E-state index is -0.372. The summed E-state index contributed by atoms with van der Waals surface area (Å²) in [5.41, 5.74) is 2.57. The van der Waals surface area contributed by atoms with Gasteiger partial charge < -0.3 is 19.4 Å². The molecule has 2 amide bonds. The van der Waals surface area contributed by atoms with E-state index in [1.54, 1.807) is 51.7 Å². The average Bonchev–Trinajstić information content (AvgIpc) is 3.52. The van der Waals surface area contributed by atoms with E-state index in [0.717, 1.165) is 17.0 Å². The van der Waals surface area contributed by atoms with Crippen molar-refractivity contribution in [3.63, 3.8) is 0 Å². The van der Waals surface area contributed by atoms with Crippen LogP contribution in [0, 0.1) is 0 Å². The third kappa shape index (κ3) is 4.92. The zero-order valence-corrected chi connectivity index (χ0v) is 19.9. The molecule has 0 radical (unpaired) electrons. The summed E-state index contributed by atoms with van der Waals surface area (Å²) in [4.78, 5) is 27.3. The van der Waals surface area contributed by atoms with Gasteiger partial charge in [0.15, 0.2) is 0 Å². The Balaban J connectivity index is 1.57. The van der Waals surface area contributed by atoms with Gasteiger partial charge in [0.25, 0.3) is 11.8 Å². The molecule has 1 atom stereocenters. The molecule has 9 heteroatoms. The van der Waals surface area contributed by atoms with Gasteiger partial charge in [-0.1, -0.05) is 11.6 Å². The number of nitrogens with zero attached hydrogens (tertiary/aromatic N) is 3. The summed E-state index contributed by atoms with van der Waals surface area (Å²) < 4.78 is 10.8. The number of furan rings is 1. The van der Waals surface area contributed by atoms with Crippen molar-refractivity contribution in [2.24, 2.45) is 5.10 Å². The van der Waals surface area contributed by atoms with Crippen LogP contribution in [-0.4, -0.2) is 55.2 Å². The lowest BCUT2D eigenvalue weighted by molar-refractivity contribution is -0.131. The van der Waals surface area contributed by atoms with Crippen molar-refractivity contribution in [3.05, 3.63) is 82.8 Å². The number of ether oxygens (including phenoxy) is 1. The van der Waals surface area contributed by atoms with Gasteiger partial charge in [0.05, 0.1) is 31.2 Å². The number of amides is 2. The molecule has 4 rings (SSSR count). The fourth-order valence-corrected chi connectivity index (χ4v) is 3.91. The number of rotatable bonds is 7. The van der Waals surface area contributed by atoms with E-state index in [1.807, 2.05) is 30.3 Å². The summed E-state index contributed by atoms with van der Waals surface area (Å²) in [5.74, 6) is 0.924. The number of carbonyl (C=O) groups excluding carboxylic acids is 2. The van der Waals surface area contributed by atoms with Gasteiger partial charge in [-0.2, -0.15) is 5.10 Å². The molecule has 0 saturated heterocycles. The fourth-order valence-electron chi connectivity index (χ4n) is 3.74. The van der Waals surface area contributed by atoms with Gasteiger partial charge in [-0.3, -0.25) is 9.59 Å². The Labute approximate surface area is 202 Å². The fraction of sp³-hybridized carbons (Fsp3) is 0.240. The first-order valence-electron chi connectivity index (χ1n) is 10.7. The number of halogens is 1. The van der Waals surface area contributed by atoms with Gasteiger partial charge in [-0.25, -0.2) is 5.01 Å². The van der Waals surface area contributed by atoms with Gasteiger partial charge in [-0.05, 0) is 60.2 Å². The van der Waals surface area contributed by atoms with E-state index < -0.39 is 0 Å². The highest BCUT2D eigenvalue weighted by molar-refractivity contribution is 6.31. The van der Waals surface area contributed by atoms with Crippen molar-refractivity contribution < 1.29 is 18.7 Å². The third-order valence-electron chi connectivity index (χ3n) is 5.51. The summed E-state index contributed by atoms with van der Waals surface area (Å²) in [5, 5.41) is 9.58. The monoisotopic (exact) mass is 480 g/mol. The van der Waals surface area contributed by atoms with E-state index in [9.17, 15) is 9.59 Å². The van der Waals surface area contributed by atoms with E-state index in [4.69, 9.17) is 20.8 Å². The number of nitrogens with one attached hydrogen (secondary N) is 1. The van der Waals surface area contributed by atoms with Crippen LogP contribution < -0.4 is 10.1 Å². The quantitative estimate of drug-likeness (QED) is 0.540. The van der Waals surface area contributed by atoms with Crippen molar-refractivity contribution >= 4 is 34.8 Å². The Morgan fingerprint density at radius 1 is 1.21 bits per heavy atom. The van der Waals surface area contributed by atoms with Gasteiger partial charge in [0.2, 0.25) is 0 Å². The molecule has 2 heterocycles. The largest absolute Gasteiger partial charge is 0.497 e. The van der Waals surface area contributed by atoms with Gasteiger partial charge in [0.1, 0.15) is 17.6 Å². The van der Waals surface area contributed by atoms with Crippen molar-refractivity contribution in [2.75, 3.05) is 33.1 Å². The number of carbonyl (C=O) groups is 2. The van der Waals surface area contributed by atoms with Crippen LogP contribution in [0.15, 0.2) is 70.4 Å². The Bertz CT molecular complexity index is 1210. The zero-order chi connectivity index (χ0) is 24.2. The third-order valence-corrected chi connectivity index (χ3v) is 5.74. The minimum Gasteiger partial charge on any atom is -0.497 e. The summed E-state index contributed by atoms with van der Waals surface area (Å²) in [6, 6.07) is 15.7. The van der Waals surface area contributed by atoms with E-state index >= 15 is 0 Å². The van der Waals surface area contributed by atoms with Crippen LogP contribution in [-0.2, 0) is 4.79 Å². The normalized spacial score (nSPS) is 15.1. The molecule has 176 valence electrons. The number of benzene rings is 2. The molecule has 1 aliphatic heterocycles. The topological polar surface area (TPSA) is 87.4 Å². The van der Waals surface area contributed by atoms with Crippen LogP contribution in [0.3, 0.4) is 0 Å². The molecule has 1 unspecified atom stereocenters. The second-order valence-electron chi connectivity index (χ2n) is 7.99. The van der Waals surface area contributed by atoms with Crippen molar-refractivity contribution in [3.8, 4) is 5.75 Å². The number of hydrogen-bond donors (Lipinski definition) is 1. The maximum absolute atomic E-state index is 13.3. The maximum atomic E-state index is 13.3.